The Labute approximate surface area is 146 Å². The van der Waals surface area contributed by atoms with Gasteiger partial charge in [0, 0.05) is 19.1 Å². The average molecular weight is 332 g/mol. The number of rotatable bonds is 9. The van der Waals surface area contributed by atoms with Crippen molar-refractivity contribution in [1.29, 1.82) is 0 Å². The number of piperidine rings is 1. The first kappa shape index (κ1) is 18.8. The van der Waals surface area contributed by atoms with Gasteiger partial charge in [-0.25, -0.2) is 0 Å². The summed E-state index contributed by atoms with van der Waals surface area (Å²) < 4.78 is 11.3. The molecule has 1 aliphatic rings. The fourth-order valence-corrected chi connectivity index (χ4v) is 3.14. The van der Waals surface area contributed by atoms with E-state index in [-0.39, 0.29) is 0 Å². The van der Waals surface area contributed by atoms with Gasteiger partial charge >= 0.3 is 0 Å². The number of hydrogen-bond donors (Lipinski definition) is 1. The van der Waals surface area contributed by atoms with Gasteiger partial charge in [-0.05, 0) is 64.4 Å². The Bertz CT molecular complexity index is 522. The molecular weight excluding hydrogens is 300 g/mol. The zero-order chi connectivity index (χ0) is 17.4. The molecule has 0 amide bonds. The smallest absolute Gasteiger partial charge is 0.161 e. The summed E-state index contributed by atoms with van der Waals surface area (Å²) in [5, 5.41) is 3.69. The molecule has 0 spiro atoms. The van der Waals surface area contributed by atoms with Gasteiger partial charge in [0.15, 0.2) is 11.5 Å². The van der Waals surface area contributed by atoms with Crippen molar-refractivity contribution in [2.75, 3.05) is 32.8 Å². The van der Waals surface area contributed by atoms with Crippen molar-refractivity contribution in [3.05, 3.63) is 35.9 Å². The Morgan fingerprint density at radius 1 is 1.17 bits per heavy atom. The molecule has 1 N–H and O–H groups in total. The molecule has 4 heteroatoms. The Morgan fingerprint density at radius 2 is 1.83 bits per heavy atom. The van der Waals surface area contributed by atoms with Gasteiger partial charge in [0.2, 0.25) is 0 Å². The molecule has 134 valence electrons. The minimum atomic E-state index is 0.591. The van der Waals surface area contributed by atoms with Crippen LogP contribution >= 0.6 is 0 Å². The molecule has 24 heavy (non-hydrogen) atoms. The van der Waals surface area contributed by atoms with E-state index < -0.39 is 0 Å². The second-order valence-electron chi connectivity index (χ2n) is 6.54. The summed E-state index contributed by atoms with van der Waals surface area (Å²) in [5.41, 5.74) is 2.49. The lowest BCUT2D eigenvalue weighted by Crippen LogP contribution is -2.42. The highest BCUT2D eigenvalue weighted by molar-refractivity contribution is 5.43. The summed E-state index contributed by atoms with van der Waals surface area (Å²) >= 11 is 0. The standard InChI is InChI=1S/C20H32N2O2/c1-5-23-19-8-7-17(13-20(19)24-6-2)14-21-18-9-11-22(12-10-18)15-16(3)4/h7-8,13,18,21H,3,5-6,9-12,14-15H2,1-2,4H3. The van der Waals surface area contributed by atoms with E-state index in [1.807, 2.05) is 19.9 Å². The Kier molecular flexibility index (Phi) is 7.60. The minimum Gasteiger partial charge on any atom is -0.490 e. The van der Waals surface area contributed by atoms with E-state index in [1.165, 1.54) is 24.0 Å². The van der Waals surface area contributed by atoms with Gasteiger partial charge in [0.25, 0.3) is 0 Å². The summed E-state index contributed by atoms with van der Waals surface area (Å²) in [6.45, 7) is 15.6. The van der Waals surface area contributed by atoms with Crippen LogP contribution in [0.3, 0.4) is 0 Å². The van der Waals surface area contributed by atoms with E-state index in [0.717, 1.165) is 37.7 Å². The molecule has 1 fully saturated rings. The van der Waals surface area contributed by atoms with Crippen LogP contribution in [0.2, 0.25) is 0 Å². The number of ether oxygens (including phenoxy) is 2. The molecule has 1 aromatic rings. The highest BCUT2D eigenvalue weighted by atomic mass is 16.5. The number of benzene rings is 1. The molecule has 0 bridgehead atoms. The SMILES string of the molecule is C=C(C)CN1CCC(NCc2ccc(OCC)c(OCC)c2)CC1. The quantitative estimate of drug-likeness (QED) is 0.701. The van der Waals surface area contributed by atoms with Crippen molar-refractivity contribution < 1.29 is 9.47 Å². The first-order valence-corrected chi connectivity index (χ1v) is 9.11. The molecule has 1 heterocycles. The van der Waals surface area contributed by atoms with E-state index in [4.69, 9.17) is 9.47 Å². The van der Waals surface area contributed by atoms with Crippen molar-refractivity contribution in [3.8, 4) is 11.5 Å². The van der Waals surface area contributed by atoms with Crippen molar-refractivity contribution in [3.63, 3.8) is 0 Å². The molecule has 0 aliphatic carbocycles. The van der Waals surface area contributed by atoms with Crippen LogP contribution in [0.4, 0.5) is 0 Å². The second-order valence-corrected chi connectivity index (χ2v) is 6.54. The van der Waals surface area contributed by atoms with E-state index >= 15 is 0 Å². The number of likely N-dealkylation sites (tertiary alicyclic amines) is 1. The topological polar surface area (TPSA) is 33.7 Å². The molecular formula is C20H32N2O2. The lowest BCUT2D eigenvalue weighted by atomic mass is 10.0. The predicted molar refractivity (Wildman–Crippen MR) is 99.9 cm³/mol. The normalized spacial score (nSPS) is 16.1. The van der Waals surface area contributed by atoms with Gasteiger partial charge in [-0.3, -0.25) is 4.90 Å². The predicted octanol–water partition coefficient (Wildman–Crippen LogP) is 3.61. The summed E-state index contributed by atoms with van der Waals surface area (Å²) in [6, 6.07) is 6.82. The van der Waals surface area contributed by atoms with E-state index in [0.29, 0.717) is 19.3 Å². The van der Waals surface area contributed by atoms with Gasteiger partial charge < -0.3 is 14.8 Å². The maximum atomic E-state index is 5.71. The zero-order valence-corrected chi connectivity index (χ0v) is 15.4. The molecule has 0 radical (unpaired) electrons. The lowest BCUT2D eigenvalue weighted by molar-refractivity contribution is 0.211. The van der Waals surface area contributed by atoms with Crippen molar-refractivity contribution >= 4 is 0 Å². The van der Waals surface area contributed by atoms with Crippen molar-refractivity contribution in [1.82, 2.24) is 10.2 Å². The van der Waals surface area contributed by atoms with Crippen LogP contribution in [-0.4, -0.2) is 43.8 Å². The monoisotopic (exact) mass is 332 g/mol. The fourth-order valence-electron chi connectivity index (χ4n) is 3.14. The van der Waals surface area contributed by atoms with Crippen LogP contribution in [0.15, 0.2) is 30.4 Å². The number of nitrogens with one attached hydrogen (secondary N) is 1. The van der Waals surface area contributed by atoms with Crippen LogP contribution in [0, 0.1) is 0 Å². The highest BCUT2D eigenvalue weighted by Crippen LogP contribution is 2.28. The average Bonchev–Trinajstić information content (AvgIpc) is 2.56. The molecule has 1 aromatic carbocycles. The maximum absolute atomic E-state index is 5.71. The summed E-state index contributed by atoms with van der Waals surface area (Å²) in [5.74, 6) is 1.67. The summed E-state index contributed by atoms with van der Waals surface area (Å²) in [7, 11) is 0. The number of nitrogens with zero attached hydrogens (tertiary/aromatic N) is 1. The van der Waals surface area contributed by atoms with Crippen molar-refractivity contribution in [2.24, 2.45) is 0 Å². The summed E-state index contributed by atoms with van der Waals surface area (Å²) in [4.78, 5) is 2.49. The van der Waals surface area contributed by atoms with Crippen molar-refractivity contribution in [2.45, 2.75) is 46.2 Å². The molecule has 4 nitrogen and oxygen atoms in total. The Morgan fingerprint density at radius 3 is 2.46 bits per heavy atom. The van der Waals surface area contributed by atoms with Crippen LogP contribution in [0.1, 0.15) is 39.2 Å². The summed E-state index contributed by atoms with van der Waals surface area (Å²) in [6.07, 6.45) is 2.39. The van der Waals surface area contributed by atoms with E-state index in [9.17, 15) is 0 Å². The van der Waals surface area contributed by atoms with E-state index in [2.05, 4.69) is 35.9 Å². The van der Waals surface area contributed by atoms with Crippen LogP contribution < -0.4 is 14.8 Å². The second kappa shape index (κ2) is 9.70. The highest BCUT2D eigenvalue weighted by Gasteiger charge is 2.18. The van der Waals surface area contributed by atoms with Gasteiger partial charge in [-0.2, -0.15) is 0 Å². The maximum Gasteiger partial charge on any atom is 0.161 e. The third kappa shape index (κ3) is 5.84. The largest absolute Gasteiger partial charge is 0.490 e. The minimum absolute atomic E-state index is 0.591. The zero-order valence-electron chi connectivity index (χ0n) is 15.4. The molecule has 0 atom stereocenters. The molecule has 1 aliphatic heterocycles. The number of hydrogen-bond acceptors (Lipinski definition) is 4. The Hall–Kier alpha value is -1.52. The van der Waals surface area contributed by atoms with Crippen LogP contribution in [0.5, 0.6) is 11.5 Å². The molecule has 0 aromatic heterocycles. The third-order valence-corrected chi connectivity index (χ3v) is 4.28. The van der Waals surface area contributed by atoms with Gasteiger partial charge in [0.05, 0.1) is 13.2 Å². The first-order chi connectivity index (χ1) is 11.6. The van der Waals surface area contributed by atoms with Crippen LogP contribution in [0.25, 0.3) is 0 Å². The molecule has 2 rings (SSSR count). The van der Waals surface area contributed by atoms with Gasteiger partial charge in [-0.15, -0.1) is 0 Å². The fraction of sp³-hybridized carbons (Fsp3) is 0.600. The Balaban J connectivity index is 1.84. The van der Waals surface area contributed by atoms with E-state index in [1.54, 1.807) is 0 Å². The molecule has 1 saturated heterocycles. The first-order valence-electron chi connectivity index (χ1n) is 9.11. The van der Waals surface area contributed by atoms with Crippen LogP contribution in [-0.2, 0) is 6.54 Å². The van der Waals surface area contributed by atoms with Gasteiger partial charge in [-0.1, -0.05) is 18.2 Å². The molecule has 0 unspecified atom stereocenters. The lowest BCUT2D eigenvalue weighted by Gasteiger charge is -2.32. The third-order valence-electron chi connectivity index (χ3n) is 4.28. The molecule has 0 saturated carbocycles. The van der Waals surface area contributed by atoms with Gasteiger partial charge in [0.1, 0.15) is 0 Å².